The molecule has 0 fully saturated rings. The lowest BCUT2D eigenvalue weighted by Crippen LogP contribution is -2.20. The predicted molar refractivity (Wildman–Crippen MR) is 121 cm³/mol. The van der Waals surface area contributed by atoms with Crippen LogP contribution in [0.5, 0.6) is 0 Å². The van der Waals surface area contributed by atoms with Gasteiger partial charge in [-0.3, -0.25) is 0 Å². The third-order valence-electron chi connectivity index (χ3n) is 4.61. The predicted octanol–water partition coefficient (Wildman–Crippen LogP) is 4.46. The molecule has 4 rings (SSSR count). The number of hydrogen-bond donors (Lipinski definition) is 0. The molecule has 0 aliphatic carbocycles. The van der Waals surface area contributed by atoms with Gasteiger partial charge in [0.2, 0.25) is 5.82 Å². The molecule has 4 aromatic rings. The SMILES string of the molecule is O=S(=O)([O-])c1c(F)c(F)c(F)c(F)c1F.c1ccc([PH+](c2ccccc2)c2ccccc2)cc1. The number of hydrogen-bond acceptors (Lipinski definition) is 3. The fraction of sp³-hybridized carbons (Fsp3) is 0. The van der Waals surface area contributed by atoms with Crippen LogP contribution in [0.25, 0.3) is 0 Å². The first kappa shape index (κ1) is 25.5. The first-order chi connectivity index (χ1) is 16.1. The van der Waals surface area contributed by atoms with Crippen molar-refractivity contribution in [1.29, 1.82) is 0 Å². The van der Waals surface area contributed by atoms with Gasteiger partial charge in [-0.05, 0) is 36.4 Å². The minimum Gasteiger partial charge on any atom is -0.744 e. The van der Waals surface area contributed by atoms with Gasteiger partial charge in [0, 0.05) is 0 Å². The van der Waals surface area contributed by atoms with E-state index in [-0.39, 0.29) is 0 Å². The number of benzene rings is 4. The molecule has 0 heterocycles. The molecule has 10 heteroatoms. The lowest BCUT2D eigenvalue weighted by Gasteiger charge is -2.10. The maximum absolute atomic E-state index is 12.6. The highest BCUT2D eigenvalue weighted by molar-refractivity contribution is 7.85. The summed E-state index contributed by atoms with van der Waals surface area (Å²) in [5.41, 5.74) is 0. The molecule has 0 saturated carbocycles. The molecule has 0 saturated heterocycles. The Morgan fingerprint density at radius 3 is 1.03 bits per heavy atom. The van der Waals surface area contributed by atoms with E-state index in [1.807, 2.05) is 0 Å². The van der Waals surface area contributed by atoms with Crippen LogP contribution in [0, 0.1) is 29.1 Å². The Bertz CT molecular complexity index is 1250. The van der Waals surface area contributed by atoms with Gasteiger partial charge in [0.05, 0.1) is 7.92 Å². The monoisotopic (exact) mass is 510 g/mol. The number of rotatable bonds is 4. The van der Waals surface area contributed by atoms with Crippen LogP contribution >= 0.6 is 7.92 Å². The van der Waals surface area contributed by atoms with Crippen molar-refractivity contribution in [2.75, 3.05) is 0 Å². The summed E-state index contributed by atoms with van der Waals surface area (Å²) in [7, 11) is -6.65. The average molecular weight is 510 g/mol. The van der Waals surface area contributed by atoms with Gasteiger partial charge in [0.1, 0.15) is 30.9 Å². The van der Waals surface area contributed by atoms with Crippen LogP contribution in [0.3, 0.4) is 0 Å². The largest absolute Gasteiger partial charge is 0.744 e. The van der Waals surface area contributed by atoms with Gasteiger partial charge >= 0.3 is 0 Å². The highest BCUT2D eigenvalue weighted by atomic mass is 32.2. The molecule has 0 spiro atoms. The van der Waals surface area contributed by atoms with E-state index in [4.69, 9.17) is 0 Å². The lowest BCUT2D eigenvalue weighted by atomic mass is 10.3. The summed E-state index contributed by atoms with van der Waals surface area (Å²) in [5, 5.41) is 4.31. The Morgan fingerprint density at radius 2 is 0.765 bits per heavy atom. The average Bonchev–Trinajstić information content (AvgIpc) is 2.83. The zero-order valence-corrected chi connectivity index (χ0v) is 19.0. The maximum Gasteiger partial charge on any atom is 0.200 e. The van der Waals surface area contributed by atoms with Crippen molar-refractivity contribution in [2.24, 2.45) is 0 Å². The standard InChI is InChI=1S/C18H15P.C6HF5O3S/c1-4-10-16(11-5-1)19(17-12-6-2-7-13-17)18-14-8-3-9-15-18;7-1-2(8)4(10)6(15(12,13)14)5(11)3(1)9/h1-15H;(H,12,13,14). The Morgan fingerprint density at radius 1 is 0.500 bits per heavy atom. The van der Waals surface area contributed by atoms with E-state index in [0.717, 1.165) is 0 Å². The van der Waals surface area contributed by atoms with Crippen LogP contribution in [0.2, 0.25) is 0 Å². The molecule has 0 amide bonds. The Labute approximate surface area is 194 Å². The molecule has 0 atom stereocenters. The zero-order chi connectivity index (χ0) is 24.9. The Balaban J connectivity index is 0.000000197. The molecule has 176 valence electrons. The van der Waals surface area contributed by atoms with E-state index < -0.39 is 52.0 Å². The summed E-state index contributed by atoms with van der Waals surface area (Å²) >= 11 is 0. The molecule has 34 heavy (non-hydrogen) atoms. The molecule has 3 nitrogen and oxygen atoms in total. The smallest absolute Gasteiger partial charge is 0.200 e. The third-order valence-corrected chi connectivity index (χ3v) is 8.20. The molecule has 0 aliphatic heterocycles. The van der Waals surface area contributed by atoms with Crippen molar-refractivity contribution in [3.8, 4) is 0 Å². The third kappa shape index (κ3) is 5.67. The summed E-state index contributed by atoms with van der Waals surface area (Å²) in [6.07, 6.45) is 0. The van der Waals surface area contributed by atoms with Crippen LogP contribution in [0.1, 0.15) is 0 Å². The van der Waals surface area contributed by atoms with Crippen LogP contribution < -0.4 is 15.9 Å². The molecule has 0 N–H and O–H groups in total. The van der Waals surface area contributed by atoms with Crippen molar-refractivity contribution in [3.63, 3.8) is 0 Å². The fourth-order valence-corrected chi connectivity index (χ4v) is 6.31. The second-order valence-corrected chi connectivity index (χ2v) is 10.6. The van der Waals surface area contributed by atoms with Crippen molar-refractivity contribution in [1.82, 2.24) is 0 Å². The Hall–Kier alpha value is -3.13. The van der Waals surface area contributed by atoms with Gasteiger partial charge in [0.15, 0.2) is 23.3 Å². The summed E-state index contributed by atoms with van der Waals surface area (Å²) in [5.74, 6) is -12.8. The minimum atomic E-state index is -5.77. The molecule has 4 aromatic carbocycles. The summed E-state index contributed by atoms with van der Waals surface area (Å²) in [6, 6.07) is 32.5. The molecule has 0 aliphatic rings. The van der Waals surface area contributed by atoms with E-state index in [9.17, 15) is 34.9 Å². The zero-order valence-electron chi connectivity index (χ0n) is 17.2. The summed E-state index contributed by atoms with van der Waals surface area (Å²) < 4.78 is 92.9. The van der Waals surface area contributed by atoms with Crippen LogP contribution in [0.15, 0.2) is 95.9 Å². The summed E-state index contributed by atoms with van der Waals surface area (Å²) in [4.78, 5) is -2.38. The molecule has 0 radical (unpaired) electrons. The molecular weight excluding hydrogens is 494 g/mol. The van der Waals surface area contributed by atoms with Gasteiger partial charge < -0.3 is 4.55 Å². The van der Waals surface area contributed by atoms with Crippen molar-refractivity contribution in [2.45, 2.75) is 4.90 Å². The quantitative estimate of drug-likeness (QED) is 0.134. The van der Waals surface area contributed by atoms with Crippen molar-refractivity contribution < 1.29 is 34.9 Å². The van der Waals surface area contributed by atoms with E-state index in [1.165, 1.54) is 15.9 Å². The highest BCUT2D eigenvalue weighted by Gasteiger charge is 2.29. The molecule has 0 aromatic heterocycles. The van der Waals surface area contributed by atoms with Gasteiger partial charge in [-0.2, -0.15) is 0 Å². The van der Waals surface area contributed by atoms with Gasteiger partial charge in [-0.1, -0.05) is 54.6 Å². The van der Waals surface area contributed by atoms with Crippen LogP contribution in [0.4, 0.5) is 22.0 Å². The van der Waals surface area contributed by atoms with Crippen LogP contribution in [-0.2, 0) is 10.1 Å². The molecule has 0 bridgehead atoms. The van der Waals surface area contributed by atoms with Gasteiger partial charge in [0.25, 0.3) is 0 Å². The molecular formula is C24H16F5O3PS. The second kappa shape index (κ2) is 10.9. The maximum atomic E-state index is 12.6. The minimum absolute atomic E-state index is 0.877. The topological polar surface area (TPSA) is 57.2 Å². The van der Waals surface area contributed by atoms with Gasteiger partial charge in [-0.25, -0.2) is 30.4 Å². The fourth-order valence-electron chi connectivity index (χ4n) is 3.12. The first-order valence-electron chi connectivity index (χ1n) is 9.63. The van der Waals surface area contributed by atoms with E-state index >= 15 is 0 Å². The number of halogens is 5. The summed E-state index contributed by atoms with van der Waals surface area (Å²) in [6.45, 7) is 0. The second-order valence-electron chi connectivity index (χ2n) is 6.83. The Kier molecular flexibility index (Phi) is 8.15. The van der Waals surface area contributed by atoms with Crippen molar-refractivity contribution in [3.05, 3.63) is 120 Å². The molecule has 0 unspecified atom stereocenters. The van der Waals surface area contributed by atoms with Gasteiger partial charge in [-0.15, -0.1) is 0 Å². The normalized spacial score (nSPS) is 11.1. The van der Waals surface area contributed by atoms with E-state index in [1.54, 1.807) is 0 Å². The van der Waals surface area contributed by atoms with Crippen molar-refractivity contribution >= 4 is 34.0 Å². The first-order valence-corrected chi connectivity index (χ1v) is 12.5. The van der Waals surface area contributed by atoms with E-state index in [0.29, 0.717) is 0 Å². The lowest BCUT2D eigenvalue weighted by molar-refractivity contribution is 0.350. The van der Waals surface area contributed by atoms with E-state index in [2.05, 4.69) is 91.0 Å². The van der Waals surface area contributed by atoms with Crippen LogP contribution in [-0.4, -0.2) is 13.0 Å². The highest BCUT2D eigenvalue weighted by Crippen LogP contribution is 2.32.